The molecule has 2 atom stereocenters. The Hall–Kier alpha value is -3.62. The molecule has 1 aromatic carbocycles. The summed E-state index contributed by atoms with van der Waals surface area (Å²) >= 11 is 0. The number of aliphatic carboxylic acids is 1. The lowest BCUT2D eigenvalue weighted by Crippen LogP contribution is -2.48. The fourth-order valence-corrected chi connectivity index (χ4v) is 3.68. The van der Waals surface area contributed by atoms with Crippen molar-refractivity contribution in [1.82, 2.24) is 0 Å². The van der Waals surface area contributed by atoms with Crippen LogP contribution in [0, 0.1) is 5.92 Å². The minimum absolute atomic E-state index is 0.0646. The number of esters is 2. The van der Waals surface area contributed by atoms with Crippen molar-refractivity contribution in [3.63, 3.8) is 0 Å². The predicted molar refractivity (Wildman–Crippen MR) is 112 cm³/mol. The maximum Gasteiger partial charge on any atom is 0.335 e. The monoisotopic (exact) mass is 446 g/mol. The molecule has 172 valence electrons. The van der Waals surface area contributed by atoms with Gasteiger partial charge in [0.25, 0.3) is 0 Å². The van der Waals surface area contributed by atoms with Crippen LogP contribution in [0.25, 0.3) is 0 Å². The van der Waals surface area contributed by atoms with Crippen LogP contribution in [-0.2, 0) is 35.0 Å². The van der Waals surface area contributed by atoms with Gasteiger partial charge in [0, 0.05) is 13.8 Å². The first-order chi connectivity index (χ1) is 15.2. The third-order valence-electron chi connectivity index (χ3n) is 5.03. The van der Waals surface area contributed by atoms with E-state index < -0.39 is 42.2 Å². The van der Waals surface area contributed by atoms with Crippen molar-refractivity contribution < 1.29 is 43.6 Å². The molecule has 0 spiro atoms. The zero-order valence-electron chi connectivity index (χ0n) is 17.9. The number of aromatic carboxylic acids is 1. The SMILES string of the molecule is CC(=O)OCOC1=CC=CC(C(=O)O)C1(CCCCc1ccccc1C(=O)O)OC(C)=O. The Morgan fingerprint density at radius 3 is 2.38 bits per heavy atom. The number of hydrogen-bond donors (Lipinski definition) is 2. The van der Waals surface area contributed by atoms with E-state index in [2.05, 4.69) is 0 Å². The highest BCUT2D eigenvalue weighted by Crippen LogP contribution is 2.40. The van der Waals surface area contributed by atoms with Crippen LogP contribution in [0.3, 0.4) is 0 Å². The number of aryl methyl sites for hydroxylation is 1. The van der Waals surface area contributed by atoms with Crippen LogP contribution in [0.4, 0.5) is 0 Å². The van der Waals surface area contributed by atoms with Crippen molar-refractivity contribution in [3.05, 3.63) is 59.4 Å². The Kier molecular flexibility index (Phi) is 8.57. The average Bonchev–Trinajstić information content (AvgIpc) is 2.71. The summed E-state index contributed by atoms with van der Waals surface area (Å²) in [5.74, 6) is -4.65. The van der Waals surface area contributed by atoms with Crippen LogP contribution in [0.2, 0.25) is 0 Å². The number of carbonyl (C=O) groups excluding carboxylic acids is 2. The standard InChI is InChI=1S/C23H26O9/c1-15(24)30-14-31-20-12-7-11-19(22(28)29)23(20,32-16(2)25)13-6-5-9-17-8-3-4-10-18(17)21(26)27/h3-4,7-8,10-12,19H,5-6,9,13-14H2,1-2H3,(H,26,27)(H,28,29). The second-order valence-electron chi connectivity index (χ2n) is 7.28. The molecule has 2 rings (SSSR count). The number of carbonyl (C=O) groups is 4. The fourth-order valence-electron chi connectivity index (χ4n) is 3.68. The Balaban J connectivity index is 2.22. The number of ether oxygens (including phenoxy) is 3. The first-order valence-electron chi connectivity index (χ1n) is 10.1. The summed E-state index contributed by atoms with van der Waals surface area (Å²) in [5.41, 5.74) is -0.767. The molecule has 0 saturated carbocycles. The molecule has 2 unspecified atom stereocenters. The lowest BCUT2D eigenvalue weighted by molar-refractivity contribution is -0.176. The zero-order chi connectivity index (χ0) is 23.7. The van der Waals surface area contributed by atoms with Crippen LogP contribution in [0.5, 0.6) is 0 Å². The van der Waals surface area contributed by atoms with E-state index in [9.17, 15) is 29.4 Å². The average molecular weight is 446 g/mol. The van der Waals surface area contributed by atoms with Gasteiger partial charge in [-0.1, -0.05) is 30.4 Å². The summed E-state index contributed by atoms with van der Waals surface area (Å²) in [6.07, 6.45) is 5.84. The van der Waals surface area contributed by atoms with Crippen LogP contribution in [0.1, 0.15) is 49.0 Å². The number of carboxylic acids is 2. The van der Waals surface area contributed by atoms with Gasteiger partial charge in [-0.25, -0.2) is 4.79 Å². The molecule has 9 nitrogen and oxygen atoms in total. The molecular weight excluding hydrogens is 420 g/mol. The van der Waals surface area contributed by atoms with Crippen LogP contribution >= 0.6 is 0 Å². The molecule has 0 heterocycles. The van der Waals surface area contributed by atoms with Crippen molar-refractivity contribution in [1.29, 1.82) is 0 Å². The van der Waals surface area contributed by atoms with Crippen LogP contribution in [-0.4, -0.2) is 46.5 Å². The van der Waals surface area contributed by atoms with E-state index in [0.717, 1.165) is 0 Å². The third-order valence-corrected chi connectivity index (χ3v) is 5.03. The minimum atomic E-state index is -1.63. The van der Waals surface area contributed by atoms with Crippen molar-refractivity contribution in [3.8, 4) is 0 Å². The highest BCUT2D eigenvalue weighted by Gasteiger charge is 2.50. The number of benzene rings is 1. The molecule has 9 heteroatoms. The summed E-state index contributed by atoms with van der Waals surface area (Å²) in [5, 5.41) is 19.1. The maximum absolute atomic E-state index is 12.0. The van der Waals surface area contributed by atoms with Crippen LogP contribution < -0.4 is 0 Å². The lowest BCUT2D eigenvalue weighted by atomic mass is 9.78. The van der Waals surface area contributed by atoms with E-state index in [-0.39, 0.29) is 17.7 Å². The largest absolute Gasteiger partial charge is 0.481 e. The van der Waals surface area contributed by atoms with Crippen molar-refractivity contribution in [2.45, 2.75) is 45.1 Å². The number of hydrogen-bond acceptors (Lipinski definition) is 7. The quantitative estimate of drug-likeness (QED) is 0.298. The van der Waals surface area contributed by atoms with E-state index in [1.165, 1.54) is 38.1 Å². The van der Waals surface area contributed by atoms with Crippen LogP contribution in [0.15, 0.2) is 48.3 Å². The molecule has 0 fully saturated rings. The van der Waals surface area contributed by atoms with Gasteiger partial charge in [-0.3, -0.25) is 14.4 Å². The van der Waals surface area contributed by atoms with Gasteiger partial charge in [-0.15, -0.1) is 0 Å². The number of allylic oxidation sites excluding steroid dienone is 2. The summed E-state index contributed by atoms with van der Waals surface area (Å²) in [7, 11) is 0. The van der Waals surface area contributed by atoms with Gasteiger partial charge in [-0.2, -0.15) is 0 Å². The molecule has 0 radical (unpaired) electrons. The van der Waals surface area contributed by atoms with Crippen molar-refractivity contribution >= 4 is 23.9 Å². The van der Waals surface area contributed by atoms with E-state index in [1.807, 2.05) is 0 Å². The normalized spacial score (nSPS) is 19.6. The number of carboxylic acid groups (broad SMARTS) is 2. The van der Waals surface area contributed by atoms with Gasteiger partial charge >= 0.3 is 23.9 Å². The molecule has 0 aromatic heterocycles. The molecular formula is C23H26O9. The number of rotatable bonds is 11. The summed E-state index contributed by atoms with van der Waals surface area (Å²) in [6.45, 7) is 1.91. The second-order valence-corrected chi connectivity index (χ2v) is 7.28. The molecule has 0 bridgehead atoms. The smallest absolute Gasteiger partial charge is 0.335 e. The van der Waals surface area contributed by atoms with E-state index in [0.29, 0.717) is 24.8 Å². The predicted octanol–water partition coefficient (Wildman–Crippen LogP) is 3.09. The molecule has 0 amide bonds. The Morgan fingerprint density at radius 2 is 1.75 bits per heavy atom. The van der Waals surface area contributed by atoms with Gasteiger partial charge in [0.05, 0.1) is 5.56 Å². The summed E-state index contributed by atoms with van der Waals surface area (Å²) in [4.78, 5) is 46.3. The summed E-state index contributed by atoms with van der Waals surface area (Å²) < 4.78 is 15.8. The second kappa shape index (κ2) is 11.1. The van der Waals surface area contributed by atoms with Gasteiger partial charge in [-0.05, 0) is 43.4 Å². The van der Waals surface area contributed by atoms with Crippen molar-refractivity contribution in [2.75, 3.05) is 6.79 Å². The summed E-state index contributed by atoms with van der Waals surface area (Å²) in [6, 6.07) is 6.64. The molecule has 1 aromatic rings. The first kappa shape index (κ1) is 24.6. The topological polar surface area (TPSA) is 136 Å². The Morgan fingerprint density at radius 1 is 1.03 bits per heavy atom. The maximum atomic E-state index is 12.0. The molecule has 0 saturated heterocycles. The Bertz CT molecular complexity index is 931. The Labute approximate surface area is 185 Å². The van der Waals surface area contributed by atoms with E-state index in [4.69, 9.17) is 14.2 Å². The molecule has 1 aliphatic rings. The highest BCUT2D eigenvalue weighted by molar-refractivity contribution is 5.89. The highest BCUT2D eigenvalue weighted by atomic mass is 16.7. The van der Waals surface area contributed by atoms with Gasteiger partial charge < -0.3 is 24.4 Å². The van der Waals surface area contributed by atoms with Gasteiger partial charge in [0.1, 0.15) is 11.7 Å². The lowest BCUT2D eigenvalue weighted by Gasteiger charge is -2.39. The van der Waals surface area contributed by atoms with Crippen molar-refractivity contribution in [2.24, 2.45) is 5.92 Å². The van der Waals surface area contributed by atoms with Gasteiger partial charge in [0.2, 0.25) is 6.79 Å². The molecule has 32 heavy (non-hydrogen) atoms. The molecule has 1 aliphatic carbocycles. The molecule has 0 aliphatic heterocycles. The number of unbranched alkanes of at least 4 members (excludes halogenated alkanes) is 1. The first-order valence-corrected chi connectivity index (χ1v) is 10.1. The fraction of sp³-hybridized carbons (Fsp3) is 0.391. The van der Waals surface area contributed by atoms with E-state index in [1.54, 1.807) is 18.2 Å². The molecule has 2 N–H and O–H groups in total. The zero-order valence-corrected chi connectivity index (χ0v) is 17.9. The third kappa shape index (κ3) is 6.19. The van der Waals surface area contributed by atoms with Gasteiger partial charge in [0.15, 0.2) is 5.60 Å². The van der Waals surface area contributed by atoms with E-state index >= 15 is 0 Å². The minimum Gasteiger partial charge on any atom is -0.481 e.